The summed E-state index contributed by atoms with van der Waals surface area (Å²) in [6.45, 7) is 0.910. The molecule has 3 rings (SSSR count). The first-order chi connectivity index (χ1) is 12.3. The van der Waals surface area contributed by atoms with Gasteiger partial charge in [-0.25, -0.2) is 8.42 Å². The maximum Gasteiger partial charge on any atom is 0.259 e. The van der Waals surface area contributed by atoms with E-state index < -0.39 is 15.9 Å². The van der Waals surface area contributed by atoms with Crippen LogP contribution >= 0.6 is 15.9 Å². The fraction of sp³-hybridized carbons (Fsp3) is 0.235. The van der Waals surface area contributed by atoms with E-state index in [0.29, 0.717) is 17.6 Å². The number of benzene rings is 2. The number of nitrogens with one attached hydrogen (secondary N) is 1. The van der Waals surface area contributed by atoms with Crippen molar-refractivity contribution in [1.82, 2.24) is 4.31 Å². The van der Waals surface area contributed by atoms with Crippen LogP contribution in [-0.2, 0) is 10.0 Å². The van der Waals surface area contributed by atoms with Gasteiger partial charge in [-0.3, -0.25) is 4.79 Å². The van der Waals surface area contributed by atoms with Gasteiger partial charge in [0.15, 0.2) is 0 Å². The number of sulfonamides is 1. The number of amides is 1. The predicted molar refractivity (Wildman–Crippen MR) is 99.9 cm³/mol. The molecule has 0 aromatic heterocycles. The first-order valence-electron chi connectivity index (χ1n) is 7.92. The lowest BCUT2D eigenvalue weighted by atomic mass is 10.2. The Kier molecular flexibility index (Phi) is 5.22. The summed E-state index contributed by atoms with van der Waals surface area (Å²) in [5.41, 5.74) is -0.0544. The van der Waals surface area contributed by atoms with E-state index >= 15 is 0 Å². The van der Waals surface area contributed by atoms with E-state index in [2.05, 4.69) is 21.2 Å². The van der Waals surface area contributed by atoms with Gasteiger partial charge in [-0.2, -0.15) is 4.31 Å². The molecule has 0 saturated carbocycles. The van der Waals surface area contributed by atoms with Gasteiger partial charge >= 0.3 is 0 Å². The smallest absolute Gasteiger partial charge is 0.259 e. The zero-order valence-electron chi connectivity index (χ0n) is 13.6. The van der Waals surface area contributed by atoms with Crippen molar-refractivity contribution in [3.8, 4) is 11.5 Å². The third-order valence-electron chi connectivity index (χ3n) is 4.12. The zero-order valence-corrected chi connectivity index (χ0v) is 16.0. The number of rotatable bonds is 4. The van der Waals surface area contributed by atoms with Crippen molar-refractivity contribution in [2.45, 2.75) is 17.7 Å². The molecule has 2 aromatic rings. The number of carbonyl (C=O) groups excluding carboxylic acids is 1. The zero-order chi connectivity index (χ0) is 18.9. The lowest BCUT2D eigenvalue weighted by Crippen LogP contribution is -2.28. The molecule has 7 nitrogen and oxygen atoms in total. The highest BCUT2D eigenvalue weighted by atomic mass is 79.9. The molecule has 0 atom stereocenters. The summed E-state index contributed by atoms with van der Waals surface area (Å²) in [4.78, 5) is 12.4. The van der Waals surface area contributed by atoms with Crippen molar-refractivity contribution < 1.29 is 23.4 Å². The average Bonchev–Trinajstić information content (AvgIpc) is 3.14. The Hall–Kier alpha value is -2.10. The fourth-order valence-corrected chi connectivity index (χ4v) is 4.64. The molecule has 138 valence electrons. The second-order valence-corrected chi connectivity index (χ2v) is 8.76. The van der Waals surface area contributed by atoms with Gasteiger partial charge in [0.25, 0.3) is 5.91 Å². The minimum absolute atomic E-state index is 0.00780. The number of phenols is 2. The molecule has 1 aliphatic rings. The summed E-state index contributed by atoms with van der Waals surface area (Å²) < 4.78 is 27.2. The van der Waals surface area contributed by atoms with Crippen LogP contribution in [0.4, 0.5) is 5.69 Å². The first kappa shape index (κ1) is 18.7. The van der Waals surface area contributed by atoms with Crippen molar-refractivity contribution in [3.63, 3.8) is 0 Å². The monoisotopic (exact) mass is 440 g/mol. The molecule has 0 aliphatic carbocycles. The van der Waals surface area contributed by atoms with Crippen molar-refractivity contribution in [2.75, 3.05) is 18.4 Å². The molecule has 3 N–H and O–H groups in total. The summed E-state index contributed by atoms with van der Waals surface area (Å²) in [5, 5.41) is 22.3. The van der Waals surface area contributed by atoms with Gasteiger partial charge in [0.1, 0.15) is 11.5 Å². The Bertz CT molecular complexity index is 956. The van der Waals surface area contributed by atoms with Crippen LogP contribution in [-0.4, -0.2) is 41.9 Å². The Morgan fingerprint density at radius 3 is 2.38 bits per heavy atom. The van der Waals surface area contributed by atoms with Crippen molar-refractivity contribution in [1.29, 1.82) is 0 Å². The summed E-state index contributed by atoms with van der Waals surface area (Å²) in [5.74, 6) is -1.17. The van der Waals surface area contributed by atoms with Crippen LogP contribution < -0.4 is 5.32 Å². The molecule has 0 bridgehead atoms. The Morgan fingerprint density at radius 1 is 1.04 bits per heavy atom. The quantitative estimate of drug-likeness (QED) is 0.633. The first-order valence-corrected chi connectivity index (χ1v) is 10.2. The summed E-state index contributed by atoms with van der Waals surface area (Å²) in [6, 6.07) is 8.09. The lowest BCUT2D eigenvalue weighted by molar-refractivity contribution is 0.102. The van der Waals surface area contributed by atoms with Crippen LogP contribution in [0.5, 0.6) is 11.5 Å². The van der Waals surface area contributed by atoms with E-state index in [1.807, 2.05) is 0 Å². The maximum absolute atomic E-state index is 12.6. The Labute approximate surface area is 159 Å². The van der Waals surface area contributed by atoms with Crippen LogP contribution in [0, 0.1) is 0 Å². The second-order valence-electron chi connectivity index (χ2n) is 5.91. The third-order valence-corrected chi connectivity index (χ3v) is 6.51. The molecule has 0 spiro atoms. The maximum atomic E-state index is 12.6. The number of carbonyl (C=O) groups is 1. The van der Waals surface area contributed by atoms with E-state index in [0.717, 1.165) is 12.8 Å². The number of nitrogens with zero attached hydrogens (tertiary/aromatic N) is 1. The Morgan fingerprint density at radius 2 is 1.69 bits per heavy atom. The molecular formula is C17H17BrN2O5S. The van der Waals surface area contributed by atoms with E-state index in [9.17, 15) is 23.4 Å². The summed E-state index contributed by atoms with van der Waals surface area (Å²) in [6.07, 6.45) is 1.62. The minimum atomic E-state index is -3.68. The van der Waals surface area contributed by atoms with Crippen molar-refractivity contribution >= 4 is 37.5 Å². The Balaban J connectivity index is 1.91. The minimum Gasteiger partial charge on any atom is -0.507 e. The van der Waals surface area contributed by atoms with Crippen LogP contribution in [0.25, 0.3) is 0 Å². The summed E-state index contributed by atoms with van der Waals surface area (Å²) >= 11 is 3.21. The molecule has 1 fully saturated rings. The molecule has 1 amide bonds. The molecule has 1 heterocycles. The molecule has 0 unspecified atom stereocenters. The molecule has 26 heavy (non-hydrogen) atoms. The van der Waals surface area contributed by atoms with Gasteiger partial charge in [0.05, 0.1) is 16.1 Å². The molecule has 1 aliphatic heterocycles. The highest BCUT2D eigenvalue weighted by Crippen LogP contribution is 2.30. The van der Waals surface area contributed by atoms with Crippen molar-refractivity contribution in [3.05, 3.63) is 46.4 Å². The van der Waals surface area contributed by atoms with E-state index in [1.54, 1.807) is 6.07 Å². The molecule has 1 saturated heterocycles. The van der Waals surface area contributed by atoms with Gasteiger partial charge in [0, 0.05) is 17.6 Å². The standard InChI is InChI=1S/C17H17BrN2O5S/c18-11-3-5-15(21)13(9-11)17(23)19-14-10-12(4-6-16(14)22)26(24,25)20-7-1-2-8-20/h3-6,9-10,21-22H,1-2,7-8H2,(H,19,23). The molecular weight excluding hydrogens is 424 g/mol. The number of hydrogen-bond acceptors (Lipinski definition) is 5. The van der Waals surface area contributed by atoms with E-state index in [4.69, 9.17) is 0 Å². The van der Waals surface area contributed by atoms with Crippen LogP contribution in [0.1, 0.15) is 23.2 Å². The average molecular weight is 441 g/mol. The van der Waals surface area contributed by atoms with Crippen LogP contribution in [0.15, 0.2) is 45.8 Å². The van der Waals surface area contributed by atoms with Gasteiger partial charge in [-0.05, 0) is 49.2 Å². The normalized spacial score (nSPS) is 15.1. The fourth-order valence-electron chi connectivity index (χ4n) is 2.73. The number of halogens is 1. The second kappa shape index (κ2) is 7.26. The van der Waals surface area contributed by atoms with Gasteiger partial charge < -0.3 is 15.5 Å². The number of phenolic OH excluding ortho intramolecular Hbond substituents is 2. The topological polar surface area (TPSA) is 107 Å². The highest BCUT2D eigenvalue weighted by molar-refractivity contribution is 9.10. The van der Waals surface area contributed by atoms with E-state index in [1.165, 1.54) is 34.6 Å². The van der Waals surface area contributed by atoms with Crippen LogP contribution in [0.2, 0.25) is 0 Å². The third kappa shape index (κ3) is 3.69. The van der Waals surface area contributed by atoms with E-state index in [-0.39, 0.29) is 27.6 Å². The highest BCUT2D eigenvalue weighted by Gasteiger charge is 2.28. The van der Waals surface area contributed by atoms with Crippen LogP contribution in [0.3, 0.4) is 0 Å². The van der Waals surface area contributed by atoms with Gasteiger partial charge in [-0.15, -0.1) is 0 Å². The number of anilines is 1. The predicted octanol–water partition coefficient (Wildman–Crippen LogP) is 2.90. The number of hydrogen-bond donors (Lipinski definition) is 3. The van der Waals surface area contributed by atoms with Crippen molar-refractivity contribution in [2.24, 2.45) is 0 Å². The molecule has 9 heteroatoms. The largest absolute Gasteiger partial charge is 0.507 e. The number of aromatic hydroxyl groups is 2. The lowest BCUT2D eigenvalue weighted by Gasteiger charge is -2.17. The van der Waals surface area contributed by atoms with Gasteiger partial charge in [0.2, 0.25) is 10.0 Å². The SMILES string of the molecule is O=C(Nc1cc(S(=O)(=O)N2CCCC2)ccc1O)c1cc(Br)ccc1O. The summed E-state index contributed by atoms with van der Waals surface area (Å²) in [7, 11) is -3.68. The van der Waals surface area contributed by atoms with Gasteiger partial charge in [-0.1, -0.05) is 15.9 Å². The molecule has 0 radical (unpaired) electrons. The molecule has 2 aromatic carbocycles.